The number of likely N-dealkylation sites (N-methyl/N-ethyl adjacent to an activating group) is 1. The summed E-state index contributed by atoms with van der Waals surface area (Å²) in [5.74, 6) is 2.38. The van der Waals surface area contributed by atoms with E-state index in [2.05, 4.69) is 30.0 Å². The number of aryl methyl sites for hydroxylation is 2. The van der Waals surface area contributed by atoms with Crippen molar-refractivity contribution in [3.8, 4) is 0 Å². The fourth-order valence-corrected chi connectivity index (χ4v) is 3.80. The van der Waals surface area contributed by atoms with Crippen molar-refractivity contribution in [3.63, 3.8) is 0 Å². The minimum Gasteiger partial charge on any atom is -0.326 e. The first kappa shape index (κ1) is 13.9. The fourth-order valence-electron chi connectivity index (χ4n) is 2.47. The first-order valence-electron chi connectivity index (χ1n) is 6.67. The van der Waals surface area contributed by atoms with E-state index in [4.69, 9.17) is 5.73 Å². The number of hydrogen-bond acceptors (Lipinski definition) is 4. The van der Waals surface area contributed by atoms with Crippen LogP contribution >= 0.6 is 11.8 Å². The van der Waals surface area contributed by atoms with Crippen LogP contribution in [0.4, 0.5) is 0 Å². The molecule has 1 aromatic heterocycles. The quantitative estimate of drug-likeness (QED) is 0.881. The molecule has 1 saturated heterocycles. The summed E-state index contributed by atoms with van der Waals surface area (Å²) < 4.78 is 1.98. The van der Waals surface area contributed by atoms with Crippen LogP contribution in [-0.4, -0.2) is 51.9 Å². The van der Waals surface area contributed by atoms with Crippen molar-refractivity contribution >= 4 is 11.8 Å². The first-order valence-corrected chi connectivity index (χ1v) is 7.82. The predicted octanol–water partition coefficient (Wildman–Crippen LogP) is 0.899. The van der Waals surface area contributed by atoms with Gasteiger partial charge in [0.1, 0.15) is 0 Å². The molecule has 4 nitrogen and oxygen atoms in total. The first-order chi connectivity index (χ1) is 8.61. The Balaban J connectivity index is 2.01. The Bertz CT molecular complexity index is 390. The standard InChI is InChI=1S/C13H24N4S/c1-4-10-7-11(17(3)15-10)8-12(14)13-9-18-6-5-16(13)2/h7,12-13H,4-6,8-9,14H2,1-3H3. The zero-order valence-corrected chi connectivity index (χ0v) is 12.4. The molecule has 5 heteroatoms. The van der Waals surface area contributed by atoms with E-state index >= 15 is 0 Å². The van der Waals surface area contributed by atoms with Crippen molar-refractivity contribution in [1.29, 1.82) is 0 Å². The molecule has 2 rings (SSSR count). The van der Waals surface area contributed by atoms with Crippen LogP contribution in [0.2, 0.25) is 0 Å². The second kappa shape index (κ2) is 6.08. The maximum Gasteiger partial charge on any atom is 0.0624 e. The van der Waals surface area contributed by atoms with Gasteiger partial charge in [-0.3, -0.25) is 4.68 Å². The van der Waals surface area contributed by atoms with E-state index in [9.17, 15) is 0 Å². The summed E-state index contributed by atoms with van der Waals surface area (Å²) in [5.41, 5.74) is 8.81. The molecule has 2 heterocycles. The lowest BCUT2D eigenvalue weighted by Gasteiger charge is -2.36. The molecule has 1 aliphatic rings. The van der Waals surface area contributed by atoms with Gasteiger partial charge in [-0.15, -0.1) is 0 Å². The molecule has 1 aliphatic heterocycles. The highest BCUT2D eigenvalue weighted by molar-refractivity contribution is 7.99. The summed E-state index contributed by atoms with van der Waals surface area (Å²) in [6.45, 7) is 3.28. The average Bonchev–Trinajstić information content (AvgIpc) is 2.70. The van der Waals surface area contributed by atoms with Gasteiger partial charge in [0.2, 0.25) is 0 Å². The van der Waals surface area contributed by atoms with Gasteiger partial charge in [0.05, 0.1) is 5.69 Å². The van der Waals surface area contributed by atoms with Crippen molar-refractivity contribution in [1.82, 2.24) is 14.7 Å². The van der Waals surface area contributed by atoms with Gasteiger partial charge in [0, 0.05) is 49.3 Å². The molecule has 0 amide bonds. The summed E-state index contributed by atoms with van der Waals surface area (Å²) in [7, 11) is 4.20. The highest BCUT2D eigenvalue weighted by Crippen LogP contribution is 2.18. The van der Waals surface area contributed by atoms with Gasteiger partial charge in [-0.1, -0.05) is 6.92 Å². The Hall–Kier alpha value is -0.520. The van der Waals surface area contributed by atoms with Gasteiger partial charge >= 0.3 is 0 Å². The van der Waals surface area contributed by atoms with Gasteiger partial charge in [-0.2, -0.15) is 16.9 Å². The molecule has 102 valence electrons. The van der Waals surface area contributed by atoms with E-state index in [1.165, 1.54) is 11.4 Å². The SMILES string of the molecule is CCc1cc(CC(N)C2CSCCN2C)n(C)n1. The van der Waals surface area contributed by atoms with Crippen molar-refractivity contribution in [2.45, 2.75) is 31.8 Å². The molecule has 0 aliphatic carbocycles. The van der Waals surface area contributed by atoms with Gasteiger partial charge in [0.15, 0.2) is 0 Å². The molecule has 1 aromatic rings. The summed E-state index contributed by atoms with van der Waals surface area (Å²) in [6.07, 6.45) is 1.90. The van der Waals surface area contributed by atoms with Gasteiger partial charge in [0.25, 0.3) is 0 Å². The second-order valence-corrected chi connectivity index (χ2v) is 6.24. The molecule has 2 atom stereocenters. The monoisotopic (exact) mass is 268 g/mol. The lowest BCUT2D eigenvalue weighted by atomic mass is 10.0. The molecule has 0 saturated carbocycles. The molecule has 0 radical (unpaired) electrons. The summed E-state index contributed by atoms with van der Waals surface area (Å²) in [5, 5.41) is 4.49. The normalized spacial score (nSPS) is 23.2. The van der Waals surface area contributed by atoms with Crippen LogP contribution in [0.3, 0.4) is 0 Å². The van der Waals surface area contributed by atoms with E-state index in [0.717, 1.165) is 30.8 Å². The Morgan fingerprint density at radius 2 is 2.33 bits per heavy atom. The molecular weight excluding hydrogens is 244 g/mol. The Labute approximate surface area is 114 Å². The van der Waals surface area contributed by atoms with E-state index in [0.29, 0.717) is 6.04 Å². The molecule has 0 spiro atoms. The van der Waals surface area contributed by atoms with Crippen molar-refractivity contribution < 1.29 is 0 Å². The number of nitrogens with zero attached hydrogens (tertiary/aromatic N) is 3. The molecule has 2 unspecified atom stereocenters. The van der Waals surface area contributed by atoms with Gasteiger partial charge in [-0.05, 0) is 19.5 Å². The third kappa shape index (κ3) is 3.08. The lowest BCUT2D eigenvalue weighted by molar-refractivity contribution is 0.234. The number of hydrogen-bond donors (Lipinski definition) is 1. The van der Waals surface area contributed by atoms with E-state index < -0.39 is 0 Å². The number of rotatable bonds is 4. The average molecular weight is 268 g/mol. The fraction of sp³-hybridized carbons (Fsp3) is 0.769. The third-order valence-corrected chi connectivity index (χ3v) is 4.82. The smallest absolute Gasteiger partial charge is 0.0624 e. The maximum absolute atomic E-state index is 6.39. The lowest BCUT2D eigenvalue weighted by Crippen LogP contribution is -2.51. The van der Waals surface area contributed by atoms with Gasteiger partial charge < -0.3 is 10.6 Å². The minimum absolute atomic E-state index is 0.197. The van der Waals surface area contributed by atoms with Crippen LogP contribution in [0.1, 0.15) is 18.3 Å². The van der Waals surface area contributed by atoms with E-state index in [-0.39, 0.29) is 6.04 Å². The third-order valence-electron chi connectivity index (χ3n) is 3.77. The van der Waals surface area contributed by atoms with Crippen LogP contribution < -0.4 is 5.73 Å². The predicted molar refractivity (Wildman–Crippen MR) is 78.0 cm³/mol. The highest BCUT2D eigenvalue weighted by atomic mass is 32.2. The molecule has 0 bridgehead atoms. The van der Waals surface area contributed by atoms with Crippen molar-refractivity contribution in [3.05, 3.63) is 17.5 Å². The second-order valence-electron chi connectivity index (χ2n) is 5.10. The van der Waals surface area contributed by atoms with Crippen LogP contribution in [-0.2, 0) is 19.9 Å². The number of thioether (sulfide) groups is 1. The van der Waals surface area contributed by atoms with Crippen LogP contribution in [0.25, 0.3) is 0 Å². The summed E-state index contributed by atoms with van der Waals surface area (Å²) in [6, 6.07) is 2.88. The number of aromatic nitrogens is 2. The molecular formula is C13H24N4S. The zero-order valence-electron chi connectivity index (χ0n) is 11.6. The molecule has 1 fully saturated rings. The van der Waals surface area contributed by atoms with Crippen LogP contribution in [0.15, 0.2) is 6.07 Å². The molecule has 2 N–H and O–H groups in total. The Kier molecular flexibility index (Phi) is 4.70. The summed E-state index contributed by atoms with van der Waals surface area (Å²) in [4.78, 5) is 2.40. The van der Waals surface area contributed by atoms with E-state index in [1.54, 1.807) is 0 Å². The minimum atomic E-state index is 0.197. The van der Waals surface area contributed by atoms with Crippen LogP contribution in [0.5, 0.6) is 0 Å². The van der Waals surface area contributed by atoms with Crippen molar-refractivity contribution in [2.75, 3.05) is 25.1 Å². The summed E-state index contributed by atoms with van der Waals surface area (Å²) >= 11 is 2.02. The molecule has 18 heavy (non-hydrogen) atoms. The largest absolute Gasteiger partial charge is 0.326 e. The molecule has 0 aromatic carbocycles. The Morgan fingerprint density at radius 1 is 1.56 bits per heavy atom. The topological polar surface area (TPSA) is 47.1 Å². The number of nitrogens with two attached hydrogens (primary N) is 1. The van der Waals surface area contributed by atoms with Crippen LogP contribution in [0, 0.1) is 0 Å². The zero-order chi connectivity index (χ0) is 13.1. The van der Waals surface area contributed by atoms with Crippen molar-refractivity contribution in [2.24, 2.45) is 12.8 Å². The van der Waals surface area contributed by atoms with Gasteiger partial charge in [-0.25, -0.2) is 0 Å². The Morgan fingerprint density at radius 3 is 2.94 bits per heavy atom. The van der Waals surface area contributed by atoms with E-state index in [1.807, 2.05) is 23.5 Å². The maximum atomic E-state index is 6.39. The highest BCUT2D eigenvalue weighted by Gasteiger charge is 2.26.